The van der Waals surface area contributed by atoms with Gasteiger partial charge in [0.2, 0.25) is 5.91 Å². The molecular weight excluding hydrogens is 228 g/mol. The molecule has 1 aromatic carbocycles. The molecule has 0 saturated carbocycles. The normalized spacial score (nSPS) is 16.5. The number of benzene rings is 1. The highest BCUT2D eigenvalue weighted by molar-refractivity contribution is 5.78. The number of carbonyl (C=O) groups excluding carboxylic acids is 1. The maximum atomic E-state index is 11.9. The van der Waals surface area contributed by atoms with Gasteiger partial charge < -0.3 is 15.8 Å². The second-order valence-corrected chi connectivity index (χ2v) is 4.63. The first kappa shape index (κ1) is 13.1. The van der Waals surface area contributed by atoms with Gasteiger partial charge in [-0.15, -0.1) is 0 Å². The lowest BCUT2D eigenvalue weighted by atomic mass is 9.99. The third kappa shape index (κ3) is 3.55. The Labute approximate surface area is 108 Å². The molecule has 0 aromatic heterocycles. The number of hydrogen-bond acceptors (Lipinski definition) is 3. The fourth-order valence-corrected chi connectivity index (χ4v) is 2.09. The highest BCUT2D eigenvalue weighted by Crippen LogP contribution is 2.14. The zero-order valence-electron chi connectivity index (χ0n) is 10.5. The number of rotatable bonds is 4. The molecule has 4 nitrogen and oxygen atoms in total. The summed E-state index contributed by atoms with van der Waals surface area (Å²) in [4.78, 5) is 11.9. The Bertz CT molecular complexity index is 383. The molecule has 2 rings (SSSR count). The van der Waals surface area contributed by atoms with Crippen LogP contribution in [0.15, 0.2) is 24.3 Å². The summed E-state index contributed by atoms with van der Waals surface area (Å²) in [5.41, 5.74) is 7.75. The molecule has 1 fully saturated rings. The SMILES string of the molecule is NCc1ccc(CNC(=O)C2CCOCC2)cc1. The van der Waals surface area contributed by atoms with Crippen LogP contribution in [-0.2, 0) is 22.6 Å². The molecule has 1 heterocycles. The van der Waals surface area contributed by atoms with Gasteiger partial charge in [-0.3, -0.25) is 4.79 Å². The van der Waals surface area contributed by atoms with Gasteiger partial charge >= 0.3 is 0 Å². The molecule has 0 aliphatic carbocycles. The average Bonchev–Trinajstić information content (AvgIpc) is 2.46. The molecule has 0 bridgehead atoms. The fraction of sp³-hybridized carbons (Fsp3) is 0.500. The summed E-state index contributed by atoms with van der Waals surface area (Å²) in [6, 6.07) is 8.00. The minimum atomic E-state index is 0.113. The van der Waals surface area contributed by atoms with Crippen LogP contribution in [0.1, 0.15) is 24.0 Å². The second kappa shape index (κ2) is 6.52. The Kier molecular flexibility index (Phi) is 4.73. The minimum absolute atomic E-state index is 0.113. The van der Waals surface area contributed by atoms with Crippen molar-refractivity contribution in [1.29, 1.82) is 0 Å². The van der Waals surface area contributed by atoms with E-state index in [0.29, 0.717) is 26.3 Å². The molecule has 1 amide bonds. The number of nitrogens with one attached hydrogen (secondary N) is 1. The summed E-state index contributed by atoms with van der Waals surface area (Å²) in [5.74, 6) is 0.253. The van der Waals surface area contributed by atoms with Crippen molar-refractivity contribution in [3.8, 4) is 0 Å². The van der Waals surface area contributed by atoms with Crippen molar-refractivity contribution in [2.45, 2.75) is 25.9 Å². The van der Waals surface area contributed by atoms with E-state index in [1.54, 1.807) is 0 Å². The smallest absolute Gasteiger partial charge is 0.223 e. The number of hydrogen-bond donors (Lipinski definition) is 2. The number of amides is 1. The van der Waals surface area contributed by atoms with E-state index in [9.17, 15) is 4.79 Å². The van der Waals surface area contributed by atoms with E-state index in [0.717, 1.165) is 24.0 Å². The maximum absolute atomic E-state index is 11.9. The van der Waals surface area contributed by atoms with Crippen LogP contribution in [-0.4, -0.2) is 19.1 Å². The molecule has 4 heteroatoms. The number of nitrogens with two attached hydrogens (primary N) is 1. The summed E-state index contributed by atoms with van der Waals surface area (Å²) in [6.45, 7) is 2.53. The third-order valence-corrected chi connectivity index (χ3v) is 3.32. The summed E-state index contributed by atoms with van der Waals surface area (Å²) in [5, 5.41) is 2.98. The molecule has 0 unspecified atom stereocenters. The predicted molar refractivity (Wildman–Crippen MR) is 69.7 cm³/mol. The molecule has 0 atom stereocenters. The van der Waals surface area contributed by atoms with Crippen molar-refractivity contribution in [3.05, 3.63) is 35.4 Å². The van der Waals surface area contributed by atoms with Gasteiger partial charge in [0.25, 0.3) is 0 Å². The first-order chi connectivity index (χ1) is 8.79. The van der Waals surface area contributed by atoms with Gasteiger partial charge in [0, 0.05) is 32.2 Å². The molecule has 0 spiro atoms. The van der Waals surface area contributed by atoms with Crippen LogP contribution in [0.5, 0.6) is 0 Å². The van der Waals surface area contributed by atoms with Crippen LogP contribution < -0.4 is 11.1 Å². The zero-order chi connectivity index (χ0) is 12.8. The Morgan fingerprint density at radius 1 is 1.22 bits per heavy atom. The van der Waals surface area contributed by atoms with Gasteiger partial charge in [-0.25, -0.2) is 0 Å². The lowest BCUT2D eigenvalue weighted by Crippen LogP contribution is -2.33. The van der Waals surface area contributed by atoms with Gasteiger partial charge in [-0.05, 0) is 24.0 Å². The van der Waals surface area contributed by atoms with E-state index in [2.05, 4.69) is 5.32 Å². The molecule has 1 aliphatic rings. The van der Waals surface area contributed by atoms with Gasteiger partial charge in [-0.2, -0.15) is 0 Å². The molecule has 1 aromatic rings. The Morgan fingerprint density at radius 3 is 2.44 bits per heavy atom. The van der Waals surface area contributed by atoms with Crippen LogP contribution >= 0.6 is 0 Å². The Morgan fingerprint density at radius 2 is 1.83 bits per heavy atom. The number of ether oxygens (including phenoxy) is 1. The van der Waals surface area contributed by atoms with E-state index in [-0.39, 0.29) is 11.8 Å². The highest BCUT2D eigenvalue weighted by atomic mass is 16.5. The van der Waals surface area contributed by atoms with Gasteiger partial charge in [0.1, 0.15) is 0 Å². The van der Waals surface area contributed by atoms with Crippen LogP contribution in [0.3, 0.4) is 0 Å². The average molecular weight is 248 g/mol. The Balaban J connectivity index is 1.80. The largest absolute Gasteiger partial charge is 0.381 e. The first-order valence-corrected chi connectivity index (χ1v) is 6.43. The van der Waals surface area contributed by atoms with Gasteiger partial charge in [0.05, 0.1) is 0 Å². The molecule has 18 heavy (non-hydrogen) atoms. The highest BCUT2D eigenvalue weighted by Gasteiger charge is 2.20. The van der Waals surface area contributed by atoms with Crippen molar-refractivity contribution in [2.24, 2.45) is 11.7 Å². The van der Waals surface area contributed by atoms with Gasteiger partial charge in [-0.1, -0.05) is 24.3 Å². The van der Waals surface area contributed by atoms with Crippen molar-refractivity contribution in [2.75, 3.05) is 13.2 Å². The predicted octanol–water partition coefficient (Wildman–Crippen LogP) is 1.19. The van der Waals surface area contributed by atoms with Crippen LogP contribution in [0.4, 0.5) is 0 Å². The molecule has 98 valence electrons. The fourth-order valence-electron chi connectivity index (χ4n) is 2.09. The van der Waals surface area contributed by atoms with E-state index < -0.39 is 0 Å². The monoisotopic (exact) mass is 248 g/mol. The number of carbonyl (C=O) groups is 1. The van der Waals surface area contributed by atoms with Crippen molar-refractivity contribution < 1.29 is 9.53 Å². The first-order valence-electron chi connectivity index (χ1n) is 6.43. The third-order valence-electron chi connectivity index (χ3n) is 3.32. The molecule has 1 aliphatic heterocycles. The van der Waals surface area contributed by atoms with Crippen LogP contribution in [0, 0.1) is 5.92 Å². The summed E-state index contributed by atoms with van der Waals surface area (Å²) >= 11 is 0. The van der Waals surface area contributed by atoms with Crippen LogP contribution in [0.25, 0.3) is 0 Å². The lowest BCUT2D eigenvalue weighted by molar-refractivity contribution is -0.128. The van der Waals surface area contributed by atoms with Crippen molar-refractivity contribution in [1.82, 2.24) is 5.32 Å². The minimum Gasteiger partial charge on any atom is -0.381 e. The van der Waals surface area contributed by atoms with Gasteiger partial charge in [0.15, 0.2) is 0 Å². The molecule has 1 saturated heterocycles. The maximum Gasteiger partial charge on any atom is 0.223 e. The van der Waals surface area contributed by atoms with E-state index in [4.69, 9.17) is 10.5 Å². The Hall–Kier alpha value is -1.39. The summed E-state index contributed by atoms with van der Waals surface area (Å²) in [6.07, 6.45) is 1.66. The standard InChI is InChI=1S/C14H20N2O2/c15-9-11-1-3-12(4-2-11)10-16-14(17)13-5-7-18-8-6-13/h1-4,13H,5-10,15H2,(H,16,17). The summed E-state index contributed by atoms with van der Waals surface area (Å²) in [7, 11) is 0. The lowest BCUT2D eigenvalue weighted by Gasteiger charge is -2.21. The molecular formula is C14H20N2O2. The second-order valence-electron chi connectivity index (χ2n) is 4.63. The van der Waals surface area contributed by atoms with E-state index in [1.165, 1.54) is 0 Å². The molecule has 0 radical (unpaired) electrons. The molecule has 3 N–H and O–H groups in total. The quantitative estimate of drug-likeness (QED) is 0.841. The van der Waals surface area contributed by atoms with Crippen LogP contribution in [0.2, 0.25) is 0 Å². The zero-order valence-corrected chi connectivity index (χ0v) is 10.5. The van der Waals surface area contributed by atoms with E-state index in [1.807, 2.05) is 24.3 Å². The summed E-state index contributed by atoms with van der Waals surface area (Å²) < 4.78 is 5.25. The van der Waals surface area contributed by atoms with Crippen molar-refractivity contribution >= 4 is 5.91 Å². The van der Waals surface area contributed by atoms with Crippen molar-refractivity contribution in [3.63, 3.8) is 0 Å². The van der Waals surface area contributed by atoms with E-state index >= 15 is 0 Å². The topological polar surface area (TPSA) is 64.3 Å².